The molecule has 194 valence electrons. The molecule has 6 aromatic carbocycles. The van der Waals surface area contributed by atoms with Crippen LogP contribution in [0.1, 0.15) is 28.7 Å². The lowest BCUT2D eigenvalue weighted by Gasteiger charge is -2.18. The Bertz CT molecular complexity index is 2170. The Balaban J connectivity index is 1.57. The van der Waals surface area contributed by atoms with E-state index in [0.717, 1.165) is 15.4 Å². The van der Waals surface area contributed by atoms with Gasteiger partial charge in [0.2, 0.25) is 0 Å². The standard InChI is InChI=1S/C39H24Br2/c40-28-18-13-25(14-19-28)36(26-15-20-29(41)21-16-26)34-22-17-27-23-35-32-11-4-3-9-30(32)31-10-5-6-12-33(31)39(35)38(27)37(34)24-7-1-2-8-24/h1-7,9-23H,8H2. The monoisotopic (exact) mass is 650 g/mol. The molecule has 0 bridgehead atoms. The number of hydrogen-bond acceptors (Lipinski definition) is 0. The number of benzene rings is 6. The SMILES string of the molecule is Brc1ccc(C(c2ccc(Br)cc2)=c2ccc3c(c2C2=CC=CC2)-c2c(c4ccccc4c4ccccc24)C=3)cc1. The van der Waals surface area contributed by atoms with Gasteiger partial charge >= 0.3 is 0 Å². The van der Waals surface area contributed by atoms with Crippen LogP contribution in [0.15, 0.2) is 136 Å². The summed E-state index contributed by atoms with van der Waals surface area (Å²) in [6.07, 6.45) is 10.1. The van der Waals surface area contributed by atoms with Crippen molar-refractivity contribution in [3.8, 4) is 11.1 Å². The first-order valence-electron chi connectivity index (χ1n) is 13.9. The zero-order valence-electron chi connectivity index (χ0n) is 22.2. The van der Waals surface area contributed by atoms with Crippen molar-refractivity contribution in [1.29, 1.82) is 0 Å². The molecule has 6 aromatic rings. The summed E-state index contributed by atoms with van der Waals surface area (Å²) in [5.41, 5.74) is 10.4. The van der Waals surface area contributed by atoms with Crippen LogP contribution in [-0.4, -0.2) is 0 Å². The molecule has 0 aliphatic heterocycles. The van der Waals surface area contributed by atoms with Crippen molar-refractivity contribution in [1.82, 2.24) is 0 Å². The summed E-state index contributed by atoms with van der Waals surface area (Å²) >= 11 is 7.30. The molecule has 0 fully saturated rings. The molecule has 8 rings (SSSR count). The number of halogens is 2. The van der Waals surface area contributed by atoms with E-state index in [4.69, 9.17) is 0 Å². The average molecular weight is 652 g/mol. The summed E-state index contributed by atoms with van der Waals surface area (Å²) in [6.45, 7) is 0. The molecular formula is C39H24Br2. The average Bonchev–Trinajstić information content (AvgIpc) is 3.68. The zero-order valence-corrected chi connectivity index (χ0v) is 25.3. The van der Waals surface area contributed by atoms with Gasteiger partial charge in [-0.05, 0) is 113 Å². The van der Waals surface area contributed by atoms with Crippen molar-refractivity contribution in [3.05, 3.63) is 169 Å². The molecule has 0 spiro atoms. The maximum Gasteiger partial charge on any atom is 0.0175 e. The van der Waals surface area contributed by atoms with Crippen molar-refractivity contribution in [3.63, 3.8) is 0 Å². The highest BCUT2D eigenvalue weighted by molar-refractivity contribution is 9.10. The van der Waals surface area contributed by atoms with Gasteiger partial charge < -0.3 is 0 Å². The van der Waals surface area contributed by atoms with Crippen LogP contribution in [0, 0.1) is 0 Å². The Morgan fingerprint density at radius 2 is 1.12 bits per heavy atom. The fourth-order valence-corrected chi connectivity index (χ4v) is 7.17. The van der Waals surface area contributed by atoms with Gasteiger partial charge in [0.25, 0.3) is 0 Å². The second kappa shape index (κ2) is 9.83. The van der Waals surface area contributed by atoms with E-state index in [1.807, 2.05) is 0 Å². The largest absolute Gasteiger partial charge is 0.0801 e. The number of rotatable bonds is 3. The van der Waals surface area contributed by atoms with Gasteiger partial charge in [-0.2, -0.15) is 0 Å². The predicted octanol–water partition coefficient (Wildman–Crippen LogP) is 9.92. The molecule has 0 saturated carbocycles. The molecule has 2 aliphatic rings. The van der Waals surface area contributed by atoms with E-state index in [1.165, 1.54) is 76.5 Å². The van der Waals surface area contributed by atoms with E-state index < -0.39 is 0 Å². The first-order chi connectivity index (χ1) is 20.2. The molecule has 0 nitrogen and oxygen atoms in total. The van der Waals surface area contributed by atoms with Gasteiger partial charge in [0.1, 0.15) is 0 Å². The molecule has 0 amide bonds. The summed E-state index contributed by atoms with van der Waals surface area (Å²) in [5, 5.41) is 7.80. The maximum absolute atomic E-state index is 3.65. The van der Waals surface area contributed by atoms with E-state index in [9.17, 15) is 0 Å². The molecule has 0 N–H and O–H groups in total. The van der Waals surface area contributed by atoms with Crippen LogP contribution in [0.25, 0.3) is 49.9 Å². The third-order valence-electron chi connectivity index (χ3n) is 8.39. The minimum atomic E-state index is 0.929. The molecule has 0 radical (unpaired) electrons. The first kappa shape index (κ1) is 24.8. The molecule has 2 aliphatic carbocycles. The van der Waals surface area contributed by atoms with Gasteiger partial charge in [-0.25, -0.2) is 0 Å². The Morgan fingerprint density at radius 1 is 0.537 bits per heavy atom. The first-order valence-corrected chi connectivity index (χ1v) is 15.5. The zero-order chi connectivity index (χ0) is 27.5. The van der Waals surface area contributed by atoms with Crippen LogP contribution in [-0.2, 0) is 0 Å². The van der Waals surface area contributed by atoms with Crippen LogP contribution in [0.2, 0.25) is 0 Å². The Hall–Kier alpha value is -3.98. The van der Waals surface area contributed by atoms with E-state index in [-0.39, 0.29) is 0 Å². The molecule has 0 atom stereocenters. The van der Waals surface area contributed by atoms with Crippen molar-refractivity contribution in [2.24, 2.45) is 0 Å². The number of fused-ring (bicyclic) bond motifs is 8. The molecule has 41 heavy (non-hydrogen) atoms. The van der Waals surface area contributed by atoms with Crippen LogP contribution in [0.5, 0.6) is 0 Å². The van der Waals surface area contributed by atoms with Gasteiger partial charge in [-0.3, -0.25) is 0 Å². The second-order valence-electron chi connectivity index (χ2n) is 10.7. The topological polar surface area (TPSA) is 0 Å². The number of allylic oxidation sites excluding steroid dienone is 4. The molecular weight excluding hydrogens is 628 g/mol. The molecule has 2 heteroatoms. The van der Waals surface area contributed by atoms with Gasteiger partial charge in [-0.15, -0.1) is 0 Å². The van der Waals surface area contributed by atoms with Crippen molar-refractivity contribution in [2.45, 2.75) is 6.42 Å². The lowest BCUT2D eigenvalue weighted by atomic mass is 9.84. The fraction of sp³-hybridized carbons (Fsp3) is 0.0256. The maximum atomic E-state index is 3.65. The summed E-state index contributed by atoms with van der Waals surface area (Å²) in [7, 11) is 0. The lowest BCUT2D eigenvalue weighted by Crippen LogP contribution is -2.20. The third-order valence-corrected chi connectivity index (χ3v) is 9.45. The Kier molecular flexibility index (Phi) is 5.95. The van der Waals surface area contributed by atoms with Crippen LogP contribution in [0.4, 0.5) is 0 Å². The van der Waals surface area contributed by atoms with Crippen molar-refractivity contribution >= 4 is 70.6 Å². The van der Waals surface area contributed by atoms with E-state index in [2.05, 4.69) is 165 Å². The Morgan fingerprint density at radius 3 is 1.73 bits per heavy atom. The van der Waals surface area contributed by atoms with Gasteiger partial charge in [0.15, 0.2) is 0 Å². The molecule has 0 unspecified atom stereocenters. The fourth-order valence-electron chi connectivity index (χ4n) is 6.64. The minimum Gasteiger partial charge on any atom is -0.0801 e. The molecule has 0 saturated heterocycles. The minimum absolute atomic E-state index is 0.929. The molecule has 0 heterocycles. The van der Waals surface area contributed by atoms with Gasteiger partial charge in [-0.1, -0.05) is 135 Å². The van der Waals surface area contributed by atoms with E-state index in [1.54, 1.807) is 0 Å². The normalized spacial score (nSPS) is 13.3. The second-order valence-corrected chi connectivity index (χ2v) is 12.5. The predicted molar refractivity (Wildman–Crippen MR) is 181 cm³/mol. The van der Waals surface area contributed by atoms with Gasteiger partial charge in [0.05, 0.1) is 0 Å². The van der Waals surface area contributed by atoms with Crippen molar-refractivity contribution in [2.75, 3.05) is 0 Å². The summed E-state index contributed by atoms with van der Waals surface area (Å²) in [6, 6.07) is 39.9. The highest BCUT2D eigenvalue weighted by Gasteiger charge is 2.25. The van der Waals surface area contributed by atoms with Gasteiger partial charge in [0, 0.05) is 8.95 Å². The van der Waals surface area contributed by atoms with Crippen LogP contribution >= 0.6 is 31.9 Å². The van der Waals surface area contributed by atoms with Crippen LogP contribution in [0.3, 0.4) is 0 Å². The quantitative estimate of drug-likeness (QED) is 0.167. The number of hydrogen-bond donors (Lipinski definition) is 0. The summed E-state index contributed by atoms with van der Waals surface area (Å²) in [5.74, 6) is 0. The van der Waals surface area contributed by atoms with E-state index in [0.29, 0.717) is 0 Å². The Labute approximate surface area is 255 Å². The third kappa shape index (κ3) is 4.01. The summed E-state index contributed by atoms with van der Waals surface area (Å²) in [4.78, 5) is 0. The van der Waals surface area contributed by atoms with E-state index >= 15 is 0 Å². The smallest absolute Gasteiger partial charge is 0.0175 e. The highest BCUT2D eigenvalue weighted by Crippen LogP contribution is 2.43. The van der Waals surface area contributed by atoms with Crippen LogP contribution < -0.4 is 10.4 Å². The lowest BCUT2D eigenvalue weighted by molar-refractivity contribution is 1.37. The van der Waals surface area contributed by atoms with Crippen molar-refractivity contribution < 1.29 is 0 Å². The highest BCUT2D eigenvalue weighted by atomic mass is 79.9. The summed E-state index contributed by atoms with van der Waals surface area (Å²) < 4.78 is 2.16. The molecule has 0 aromatic heterocycles.